The maximum atomic E-state index is 14.8. The summed E-state index contributed by atoms with van der Waals surface area (Å²) in [7, 11) is 0. The van der Waals surface area contributed by atoms with Gasteiger partial charge in [-0.2, -0.15) is 5.10 Å². The summed E-state index contributed by atoms with van der Waals surface area (Å²) in [5.41, 5.74) is 1.18. The van der Waals surface area contributed by atoms with E-state index in [9.17, 15) is 18.7 Å². The molecule has 2 N–H and O–H groups in total. The number of rotatable bonds is 7. The van der Waals surface area contributed by atoms with E-state index in [1.54, 1.807) is 6.08 Å². The second-order valence-corrected chi connectivity index (χ2v) is 9.01. The van der Waals surface area contributed by atoms with Gasteiger partial charge in [0.15, 0.2) is 0 Å². The number of aliphatic hydroxyl groups is 1. The minimum Gasteiger partial charge on any atom is -0.381 e. The summed E-state index contributed by atoms with van der Waals surface area (Å²) in [4.78, 5) is 18.4. The number of carbonyl (C=O) groups excluding carboxylic acids is 1. The standard InChI is InChI=1S/C26H29F2N5O2/c1-18-3-6-22(7-4-18)31-25(34)13-20-9-11-32(12-10-20)19(2)26(35,15-33-17-29-16-30-33)23-8-5-21(27)14-24(23)28/h3-8,13-14,16-17,19,35H,9-12,15H2,1-2H3,(H,31,34)/t19-,26-/m1/s1. The Balaban J connectivity index is 1.47. The molecule has 0 spiro atoms. The van der Waals surface area contributed by atoms with E-state index in [2.05, 4.69) is 20.3 Å². The molecule has 2 heterocycles. The van der Waals surface area contributed by atoms with Crippen molar-refractivity contribution in [1.82, 2.24) is 19.7 Å². The van der Waals surface area contributed by atoms with Gasteiger partial charge in [0.2, 0.25) is 5.91 Å². The second kappa shape index (κ2) is 10.5. The lowest BCUT2D eigenvalue weighted by atomic mass is 9.84. The third kappa shape index (κ3) is 5.80. The summed E-state index contributed by atoms with van der Waals surface area (Å²) in [6.45, 7) is 4.91. The van der Waals surface area contributed by atoms with Gasteiger partial charge in [0, 0.05) is 42.5 Å². The smallest absolute Gasteiger partial charge is 0.248 e. The Bertz CT molecular complexity index is 1190. The van der Waals surface area contributed by atoms with Gasteiger partial charge in [-0.1, -0.05) is 29.3 Å². The molecule has 1 aromatic heterocycles. The quantitative estimate of drug-likeness (QED) is 0.502. The number of anilines is 1. The van der Waals surface area contributed by atoms with Crippen LogP contribution < -0.4 is 5.32 Å². The normalized spacial score (nSPS) is 17.0. The Labute approximate surface area is 203 Å². The van der Waals surface area contributed by atoms with Gasteiger partial charge >= 0.3 is 0 Å². The highest BCUT2D eigenvalue weighted by Crippen LogP contribution is 2.34. The number of amides is 1. The summed E-state index contributed by atoms with van der Waals surface area (Å²) >= 11 is 0. The predicted octanol–water partition coefficient (Wildman–Crippen LogP) is 3.80. The fourth-order valence-corrected chi connectivity index (χ4v) is 4.49. The van der Waals surface area contributed by atoms with Gasteiger partial charge in [0.1, 0.15) is 29.9 Å². The topological polar surface area (TPSA) is 83.3 Å². The van der Waals surface area contributed by atoms with Crippen LogP contribution in [0.15, 0.2) is 66.8 Å². The fraction of sp³-hybridized carbons (Fsp3) is 0.346. The summed E-state index contributed by atoms with van der Waals surface area (Å²) in [6.07, 6.45) is 5.69. The van der Waals surface area contributed by atoms with Crippen LogP contribution in [0.4, 0.5) is 14.5 Å². The van der Waals surface area contributed by atoms with E-state index >= 15 is 0 Å². The van der Waals surface area contributed by atoms with Gasteiger partial charge in [0.25, 0.3) is 0 Å². The number of carbonyl (C=O) groups is 1. The third-order valence-corrected chi connectivity index (χ3v) is 6.60. The second-order valence-electron chi connectivity index (χ2n) is 9.01. The monoisotopic (exact) mass is 481 g/mol. The number of aromatic nitrogens is 3. The van der Waals surface area contributed by atoms with Crippen molar-refractivity contribution in [3.05, 3.63) is 89.5 Å². The van der Waals surface area contributed by atoms with E-state index in [0.717, 1.165) is 29.0 Å². The van der Waals surface area contributed by atoms with Crippen LogP contribution in [0, 0.1) is 18.6 Å². The van der Waals surface area contributed by atoms with Crippen molar-refractivity contribution in [2.24, 2.45) is 0 Å². The van der Waals surface area contributed by atoms with Crippen LogP contribution in [0.3, 0.4) is 0 Å². The number of hydrogen-bond acceptors (Lipinski definition) is 5. The molecule has 4 rings (SSSR count). The number of hydrogen-bond donors (Lipinski definition) is 2. The molecule has 1 fully saturated rings. The largest absolute Gasteiger partial charge is 0.381 e. The molecule has 1 amide bonds. The van der Waals surface area contributed by atoms with E-state index in [4.69, 9.17) is 0 Å². The van der Waals surface area contributed by atoms with Crippen LogP contribution in [0.5, 0.6) is 0 Å². The Morgan fingerprint density at radius 2 is 1.91 bits per heavy atom. The van der Waals surface area contributed by atoms with Gasteiger partial charge in [-0.3, -0.25) is 9.69 Å². The average Bonchev–Trinajstić information content (AvgIpc) is 3.33. The highest BCUT2D eigenvalue weighted by molar-refractivity contribution is 5.99. The molecule has 184 valence electrons. The molecular formula is C26H29F2N5O2. The molecular weight excluding hydrogens is 452 g/mol. The zero-order chi connectivity index (χ0) is 25.0. The van der Waals surface area contributed by atoms with Crippen LogP contribution in [-0.4, -0.2) is 49.8 Å². The summed E-state index contributed by atoms with van der Waals surface area (Å²) < 4.78 is 29.8. The van der Waals surface area contributed by atoms with Crippen LogP contribution in [-0.2, 0) is 16.9 Å². The Morgan fingerprint density at radius 1 is 1.20 bits per heavy atom. The SMILES string of the molecule is Cc1ccc(NC(=O)C=C2CCN([C@H](C)[C@](O)(Cn3cncn3)c3ccc(F)cc3F)CC2)cc1. The highest BCUT2D eigenvalue weighted by atomic mass is 19.1. The average molecular weight is 482 g/mol. The first kappa shape index (κ1) is 24.7. The Morgan fingerprint density at radius 3 is 2.54 bits per heavy atom. The van der Waals surface area contributed by atoms with E-state index in [1.807, 2.05) is 38.1 Å². The molecule has 2 atom stereocenters. The van der Waals surface area contributed by atoms with Crippen LogP contribution in [0.25, 0.3) is 0 Å². The van der Waals surface area contributed by atoms with E-state index in [0.29, 0.717) is 25.9 Å². The predicted molar refractivity (Wildman–Crippen MR) is 128 cm³/mol. The maximum Gasteiger partial charge on any atom is 0.248 e. The molecule has 1 saturated heterocycles. The third-order valence-electron chi connectivity index (χ3n) is 6.60. The van der Waals surface area contributed by atoms with Crippen molar-refractivity contribution >= 4 is 11.6 Å². The number of nitrogens with zero attached hydrogens (tertiary/aromatic N) is 4. The van der Waals surface area contributed by atoms with Crippen molar-refractivity contribution < 1.29 is 18.7 Å². The Kier molecular flexibility index (Phi) is 7.37. The molecule has 1 aliphatic rings. The molecule has 0 aliphatic carbocycles. The van der Waals surface area contributed by atoms with Crippen molar-refractivity contribution in [2.75, 3.05) is 18.4 Å². The molecule has 7 nitrogen and oxygen atoms in total. The van der Waals surface area contributed by atoms with Crippen molar-refractivity contribution in [1.29, 1.82) is 0 Å². The zero-order valence-corrected chi connectivity index (χ0v) is 19.8. The van der Waals surface area contributed by atoms with Gasteiger partial charge in [-0.15, -0.1) is 0 Å². The first-order valence-electron chi connectivity index (χ1n) is 11.6. The molecule has 3 aromatic rings. The van der Waals surface area contributed by atoms with Crippen LogP contribution >= 0.6 is 0 Å². The summed E-state index contributed by atoms with van der Waals surface area (Å²) in [5.74, 6) is -1.70. The number of halogens is 2. The molecule has 1 aliphatic heterocycles. The van der Waals surface area contributed by atoms with Crippen molar-refractivity contribution in [3.8, 4) is 0 Å². The van der Waals surface area contributed by atoms with Crippen molar-refractivity contribution in [2.45, 2.75) is 44.9 Å². The maximum absolute atomic E-state index is 14.8. The van der Waals surface area contributed by atoms with E-state index in [-0.39, 0.29) is 18.0 Å². The molecule has 0 bridgehead atoms. The lowest BCUT2D eigenvalue weighted by Gasteiger charge is -2.43. The molecule has 0 saturated carbocycles. The van der Waals surface area contributed by atoms with Gasteiger partial charge in [-0.05, 0) is 44.9 Å². The molecule has 2 aromatic carbocycles. The number of benzene rings is 2. The Hall–Kier alpha value is -3.43. The number of nitrogens with one attached hydrogen (secondary N) is 1. The fourth-order valence-electron chi connectivity index (χ4n) is 4.49. The van der Waals surface area contributed by atoms with Crippen LogP contribution in [0.2, 0.25) is 0 Å². The van der Waals surface area contributed by atoms with Gasteiger partial charge in [0.05, 0.1) is 6.54 Å². The number of piperidine rings is 1. The minimum absolute atomic E-state index is 0.000662. The van der Waals surface area contributed by atoms with E-state index < -0.39 is 23.3 Å². The summed E-state index contributed by atoms with van der Waals surface area (Å²) in [5, 5.41) is 18.7. The van der Waals surface area contributed by atoms with E-state index in [1.165, 1.54) is 23.4 Å². The lowest BCUT2D eigenvalue weighted by molar-refractivity contribution is -0.112. The molecule has 0 radical (unpaired) electrons. The van der Waals surface area contributed by atoms with Gasteiger partial charge in [-0.25, -0.2) is 18.4 Å². The molecule has 0 unspecified atom stereocenters. The highest BCUT2D eigenvalue weighted by Gasteiger charge is 2.42. The first-order valence-corrected chi connectivity index (χ1v) is 11.6. The van der Waals surface area contributed by atoms with Crippen LogP contribution in [0.1, 0.15) is 30.9 Å². The van der Waals surface area contributed by atoms with Gasteiger partial charge < -0.3 is 10.4 Å². The lowest BCUT2D eigenvalue weighted by Crippen LogP contribution is -2.53. The minimum atomic E-state index is -1.69. The first-order chi connectivity index (χ1) is 16.7. The number of likely N-dealkylation sites (tertiary alicyclic amines) is 1. The van der Waals surface area contributed by atoms with Crippen molar-refractivity contribution in [3.63, 3.8) is 0 Å². The number of aryl methyl sites for hydroxylation is 1. The zero-order valence-electron chi connectivity index (χ0n) is 19.8. The molecule has 9 heteroatoms. The molecule has 35 heavy (non-hydrogen) atoms. The summed E-state index contributed by atoms with van der Waals surface area (Å²) in [6, 6.07) is 10.3.